The van der Waals surface area contributed by atoms with Crippen LogP contribution in [0, 0.1) is 11.8 Å². The van der Waals surface area contributed by atoms with Crippen LogP contribution in [0.1, 0.15) is 67.9 Å². The number of carbonyl (C=O) groups is 2. The fraction of sp³-hybridized carbons (Fsp3) is 0.548. The molecule has 47 heavy (non-hydrogen) atoms. The Hall–Kier alpha value is -3.85. The van der Waals surface area contributed by atoms with Gasteiger partial charge in [-0.3, -0.25) is 15.0 Å². The van der Waals surface area contributed by atoms with Gasteiger partial charge in [-0.15, -0.1) is 0 Å². The molecule has 2 aliphatic rings. The summed E-state index contributed by atoms with van der Waals surface area (Å²) in [5.41, 5.74) is -3.28. The third-order valence-corrected chi connectivity index (χ3v) is 8.62. The zero-order valence-corrected chi connectivity index (χ0v) is 25.7. The highest BCUT2D eigenvalue weighted by Crippen LogP contribution is 2.42. The van der Waals surface area contributed by atoms with Gasteiger partial charge < -0.3 is 14.4 Å². The summed E-state index contributed by atoms with van der Waals surface area (Å²) in [6.07, 6.45) is -15.0. The maximum atomic E-state index is 13.5. The molecule has 0 aromatic heterocycles. The summed E-state index contributed by atoms with van der Waals surface area (Å²) < 4.78 is 131. The van der Waals surface area contributed by atoms with E-state index < -0.39 is 53.6 Å². The number of carbonyl (C=O) groups excluding carboxylic acids is 2. The first-order valence-electron chi connectivity index (χ1n) is 14.9. The van der Waals surface area contributed by atoms with Gasteiger partial charge in [0.2, 0.25) is 0 Å². The second-order valence-electron chi connectivity index (χ2n) is 11.8. The second-order valence-corrected chi connectivity index (χ2v) is 11.8. The molecule has 1 amide bonds. The summed E-state index contributed by atoms with van der Waals surface area (Å²) in [6.45, 7) is 3.76. The predicted octanol–water partition coefficient (Wildman–Crippen LogP) is 8.54. The minimum absolute atomic E-state index is 0.0324. The molecule has 1 heterocycles. The van der Waals surface area contributed by atoms with Crippen LogP contribution in [0.5, 0.6) is 0 Å². The lowest BCUT2D eigenvalue weighted by atomic mass is 9.81. The Morgan fingerprint density at radius 2 is 1.55 bits per heavy atom. The fourth-order valence-electron chi connectivity index (χ4n) is 6.21. The highest BCUT2D eigenvalue weighted by atomic mass is 19.4. The van der Waals surface area contributed by atoms with Crippen LogP contribution in [0.4, 0.5) is 55.7 Å². The number of hydrogen-bond donors (Lipinski definition) is 1. The molecule has 1 N–H and O–H groups in total. The van der Waals surface area contributed by atoms with Crippen molar-refractivity contribution in [1.82, 2.24) is 4.90 Å². The third-order valence-electron chi connectivity index (χ3n) is 8.62. The van der Waals surface area contributed by atoms with Gasteiger partial charge in [-0.05, 0) is 93.0 Å². The lowest BCUT2D eigenvalue weighted by molar-refractivity contribution is -0.147. The van der Waals surface area contributed by atoms with Gasteiger partial charge >= 0.3 is 30.7 Å². The van der Waals surface area contributed by atoms with Crippen molar-refractivity contribution in [3.8, 4) is 0 Å². The number of rotatable bonds is 9. The molecule has 1 aliphatic heterocycles. The summed E-state index contributed by atoms with van der Waals surface area (Å²) in [5, 5.41) is 1.42. The smallest absolute Gasteiger partial charge is 0.469 e. The Labute approximate surface area is 265 Å². The van der Waals surface area contributed by atoms with Crippen molar-refractivity contribution in [3.63, 3.8) is 0 Å². The third kappa shape index (κ3) is 8.74. The molecule has 16 heteroatoms. The van der Waals surface area contributed by atoms with E-state index in [1.54, 1.807) is 0 Å². The highest BCUT2D eigenvalue weighted by molar-refractivity contribution is 5.73. The largest absolute Gasteiger partial charge is 0.482 e. The number of anilines is 2. The topological polar surface area (TPSA) is 71.1 Å². The summed E-state index contributed by atoms with van der Waals surface area (Å²) in [4.78, 5) is 28.0. The van der Waals surface area contributed by atoms with E-state index in [4.69, 9.17) is 9.47 Å². The van der Waals surface area contributed by atoms with Crippen LogP contribution in [0.2, 0.25) is 0 Å². The molecule has 2 aromatic carbocycles. The Morgan fingerprint density at radius 1 is 0.957 bits per heavy atom. The molecule has 0 spiro atoms. The minimum Gasteiger partial charge on any atom is -0.469 e. The molecule has 1 saturated heterocycles. The number of hydrogen-bond acceptors (Lipinski definition) is 6. The number of cyclic esters (lactones) is 1. The van der Waals surface area contributed by atoms with E-state index in [1.165, 1.54) is 37.5 Å². The molecule has 7 nitrogen and oxygen atoms in total. The molecule has 260 valence electrons. The quantitative estimate of drug-likeness (QED) is 0.162. The number of nitrogens with one attached hydrogen (secondary N) is 1. The summed E-state index contributed by atoms with van der Waals surface area (Å²) in [6, 6.07) is 3.72. The average Bonchev–Trinajstić information content (AvgIpc) is 3.26. The van der Waals surface area contributed by atoms with Gasteiger partial charge in [0.25, 0.3) is 0 Å². The summed E-state index contributed by atoms with van der Waals surface area (Å²) >= 11 is 0. The number of alkyl halides is 9. The van der Waals surface area contributed by atoms with E-state index in [2.05, 4.69) is 0 Å². The van der Waals surface area contributed by atoms with Crippen molar-refractivity contribution in [2.24, 2.45) is 11.8 Å². The van der Waals surface area contributed by atoms with E-state index in [-0.39, 0.29) is 41.7 Å². The van der Waals surface area contributed by atoms with Crippen LogP contribution in [0.3, 0.4) is 0 Å². The number of halogens is 9. The van der Waals surface area contributed by atoms with E-state index in [0.717, 1.165) is 4.90 Å². The normalized spacial score (nSPS) is 22.2. The van der Waals surface area contributed by atoms with Crippen LogP contribution < -0.4 is 10.2 Å². The number of esters is 1. The first-order chi connectivity index (χ1) is 21.8. The predicted molar refractivity (Wildman–Crippen MR) is 152 cm³/mol. The SMILES string of the molecule is CCN(CC1CCC(C(=O)OC)CC1)c1ccc(NC(F)(F)F)cc1CN1C(=O)O[C@H](c2cc(C(F)(F)F)cc(C(F)(F)F)c2)[C@@H]1C. The van der Waals surface area contributed by atoms with Gasteiger partial charge in [-0.2, -0.15) is 39.5 Å². The molecule has 0 unspecified atom stereocenters. The molecule has 1 saturated carbocycles. The number of nitrogens with zero attached hydrogens (tertiary/aromatic N) is 2. The number of amides is 1. The lowest BCUT2D eigenvalue weighted by Gasteiger charge is -2.34. The summed E-state index contributed by atoms with van der Waals surface area (Å²) in [7, 11) is 1.32. The van der Waals surface area contributed by atoms with Gasteiger partial charge in [0.15, 0.2) is 0 Å². The molecule has 0 bridgehead atoms. The van der Waals surface area contributed by atoms with Crippen LogP contribution in [-0.4, -0.2) is 49.5 Å². The molecule has 2 aromatic rings. The zero-order chi connectivity index (χ0) is 34.9. The Balaban J connectivity index is 1.64. The number of methoxy groups -OCH3 is 1. The Kier molecular flexibility index (Phi) is 10.5. The first-order valence-corrected chi connectivity index (χ1v) is 14.9. The maximum absolute atomic E-state index is 13.5. The highest BCUT2D eigenvalue weighted by Gasteiger charge is 2.43. The van der Waals surface area contributed by atoms with Gasteiger partial charge in [-0.1, -0.05) is 0 Å². The van der Waals surface area contributed by atoms with Crippen molar-refractivity contribution in [2.75, 3.05) is 30.4 Å². The first kappa shape index (κ1) is 36.0. The molecule has 2 atom stereocenters. The van der Waals surface area contributed by atoms with Crippen molar-refractivity contribution in [1.29, 1.82) is 0 Å². The van der Waals surface area contributed by atoms with Crippen molar-refractivity contribution in [2.45, 2.75) is 76.9 Å². The molecule has 1 aliphatic carbocycles. The standard InChI is InChI=1S/C31H34F9N3O4/c1-4-42(15-18-5-7-19(8-6-18)27(44)46-3)25-10-9-24(41-31(38,39)40)13-21(25)16-43-17(2)26(47-28(43)45)20-11-22(29(32,33)34)14-23(12-20)30(35,36)37/h9-14,17-19,26,41H,4-8,15-16H2,1-3H3/t17-,18?,19?,26-/m0/s1. The Bertz CT molecular complexity index is 1400. The molecular weight excluding hydrogens is 649 g/mol. The van der Waals surface area contributed by atoms with E-state index in [1.807, 2.05) is 11.8 Å². The van der Waals surface area contributed by atoms with Crippen LogP contribution in [0.25, 0.3) is 0 Å². The van der Waals surface area contributed by atoms with Crippen molar-refractivity contribution < 1.29 is 58.6 Å². The monoisotopic (exact) mass is 683 g/mol. The lowest BCUT2D eigenvalue weighted by Crippen LogP contribution is -2.35. The maximum Gasteiger partial charge on any atom is 0.482 e. The summed E-state index contributed by atoms with van der Waals surface area (Å²) in [5.74, 6) is -0.356. The fourth-order valence-corrected chi connectivity index (χ4v) is 6.21. The van der Waals surface area contributed by atoms with Gasteiger partial charge in [0, 0.05) is 24.5 Å². The van der Waals surface area contributed by atoms with Crippen LogP contribution in [-0.2, 0) is 33.2 Å². The van der Waals surface area contributed by atoms with Crippen LogP contribution >= 0.6 is 0 Å². The molecule has 0 radical (unpaired) electrons. The molecule has 4 rings (SSSR count). The number of ether oxygens (including phenoxy) is 2. The minimum atomic E-state index is -5.12. The second kappa shape index (κ2) is 13.7. The van der Waals surface area contributed by atoms with Gasteiger partial charge in [0.05, 0.1) is 36.7 Å². The molecule has 2 fully saturated rings. The van der Waals surface area contributed by atoms with Crippen LogP contribution in [0.15, 0.2) is 36.4 Å². The molecular formula is C31H34F9N3O4. The van der Waals surface area contributed by atoms with Gasteiger partial charge in [-0.25, -0.2) is 4.79 Å². The van der Waals surface area contributed by atoms with Crippen molar-refractivity contribution >= 4 is 23.4 Å². The van der Waals surface area contributed by atoms with Crippen molar-refractivity contribution in [3.05, 3.63) is 58.7 Å². The zero-order valence-electron chi connectivity index (χ0n) is 25.7. The van der Waals surface area contributed by atoms with E-state index in [9.17, 15) is 49.1 Å². The number of benzene rings is 2. The van der Waals surface area contributed by atoms with E-state index >= 15 is 0 Å². The Morgan fingerprint density at radius 3 is 2.06 bits per heavy atom. The van der Waals surface area contributed by atoms with Gasteiger partial charge in [0.1, 0.15) is 6.10 Å². The average molecular weight is 684 g/mol. The van der Waals surface area contributed by atoms with E-state index in [0.29, 0.717) is 56.6 Å².